The molecule has 0 fully saturated rings. The van der Waals surface area contributed by atoms with Gasteiger partial charge in [0.05, 0.1) is 16.9 Å². The maximum absolute atomic E-state index is 13.7. The smallest absolute Gasteiger partial charge is 0.297 e. The predicted octanol–water partition coefficient (Wildman–Crippen LogP) is 4.37. The Bertz CT molecular complexity index is 813. The quantitative estimate of drug-likeness (QED) is 0.628. The van der Waals surface area contributed by atoms with E-state index in [0.717, 1.165) is 0 Å². The van der Waals surface area contributed by atoms with Crippen LogP contribution in [0.2, 0.25) is 5.02 Å². The summed E-state index contributed by atoms with van der Waals surface area (Å²) in [5, 5.41) is 3.50. The minimum absolute atomic E-state index is 0.280. The summed E-state index contributed by atoms with van der Waals surface area (Å²) in [7, 11) is -1.71. The highest BCUT2D eigenvalue weighted by Crippen LogP contribution is 2.57. The first kappa shape index (κ1) is 17.3. The standard InChI is InChI=1S/C16H16Cl2N3O2P/c1-20-15-5-3-2-4-14(15)16(22)21(24(20,23)19-11-10-17)13-8-6-12(18)7-9-13/h2-9H,10-11H2,1H3,(H,19,23). The molecule has 0 saturated carbocycles. The number of rotatable bonds is 4. The molecular weight excluding hydrogens is 368 g/mol. The van der Waals surface area contributed by atoms with E-state index in [0.29, 0.717) is 28.5 Å². The van der Waals surface area contributed by atoms with Gasteiger partial charge in [-0.2, -0.15) is 0 Å². The van der Waals surface area contributed by atoms with Crippen LogP contribution in [0.4, 0.5) is 11.4 Å². The summed E-state index contributed by atoms with van der Waals surface area (Å²) in [6.45, 7) is 0.308. The Morgan fingerprint density at radius 2 is 1.79 bits per heavy atom. The molecule has 2 aromatic carbocycles. The van der Waals surface area contributed by atoms with Crippen molar-refractivity contribution >= 4 is 48.1 Å². The minimum Gasteiger partial charge on any atom is -0.297 e. The number of halogens is 2. The number of carbonyl (C=O) groups is 1. The average Bonchev–Trinajstić information content (AvgIpc) is 2.60. The van der Waals surface area contributed by atoms with Gasteiger partial charge in [0, 0.05) is 24.5 Å². The first-order chi connectivity index (χ1) is 11.5. The minimum atomic E-state index is -3.42. The highest BCUT2D eigenvalue weighted by molar-refractivity contribution is 7.66. The molecule has 1 unspecified atom stereocenters. The van der Waals surface area contributed by atoms with Crippen LogP contribution >= 0.6 is 30.8 Å². The number of hydrogen-bond donors (Lipinski definition) is 1. The van der Waals surface area contributed by atoms with Crippen molar-refractivity contribution in [3.05, 3.63) is 59.1 Å². The van der Waals surface area contributed by atoms with Crippen LogP contribution in [0, 0.1) is 0 Å². The normalized spacial score (nSPS) is 20.2. The third kappa shape index (κ3) is 2.82. The second-order valence-corrected chi connectivity index (χ2v) is 8.49. The second kappa shape index (κ2) is 6.77. The molecule has 0 spiro atoms. The van der Waals surface area contributed by atoms with Crippen LogP contribution < -0.4 is 14.4 Å². The summed E-state index contributed by atoms with van der Waals surface area (Å²) in [5.41, 5.74) is 1.63. The van der Waals surface area contributed by atoms with Gasteiger partial charge in [-0.05, 0) is 36.4 Å². The van der Waals surface area contributed by atoms with Crippen LogP contribution in [0.1, 0.15) is 10.4 Å². The van der Waals surface area contributed by atoms with Crippen LogP contribution in [-0.4, -0.2) is 25.4 Å². The molecule has 1 N–H and O–H groups in total. The summed E-state index contributed by atoms with van der Waals surface area (Å²) in [5.74, 6) is -0.0429. The molecule has 3 rings (SSSR count). The van der Waals surface area contributed by atoms with Gasteiger partial charge in [0.25, 0.3) is 5.91 Å². The van der Waals surface area contributed by atoms with Crippen molar-refractivity contribution in [1.29, 1.82) is 0 Å². The Labute approximate surface area is 150 Å². The SMILES string of the molecule is CN1c2ccccc2C(=O)N(c2ccc(Cl)cc2)P1(=O)NCCCl. The number of nitrogens with zero attached hydrogens (tertiary/aromatic N) is 2. The van der Waals surface area contributed by atoms with E-state index >= 15 is 0 Å². The molecule has 1 aliphatic rings. The number of fused-ring (bicyclic) bond motifs is 1. The zero-order valence-electron chi connectivity index (χ0n) is 12.9. The number of amides is 1. The van der Waals surface area contributed by atoms with Crippen molar-refractivity contribution in [2.45, 2.75) is 0 Å². The van der Waals surface area contributed by atoms with Crippen molar-refractivity contribution in [3.8, 4) is 0 Å². The molecule has 1 aliphatic heterocycles. The largest absolute Gasteiger partial charge is 0.339 e. The summed E-state index contributed by atoms with van der Waals surface area (Å²) >= 11 is 11.7. The summed E-state index contributed by atoms with van der Waals surface area (Å²) < 4.78 is 16.7. The molecule has 8 heteroatoms. The zero-order chi connectivity index (χ0) is 17.3. The maximum atomic E-state index is 13.7. The highest BCUT2D eigenvalue weighted by atomic mass is 35.5. The molecule has 0 saturated heterocycles. The first-order valence-electron chi connectivity index (χ1n) is 7.34. The molecule has 24 heavy (non-hydrogen) atoms. The van der Waals surface area contributed by atoms with Crippen LogP contribution in [0.5, 0.6) is 0 Å². The molecule has 0 bridgehead atoms. The predicted molar refractivity (Wildman–Crippen MR) is 99.4 cm³/mol. The van der Waals surface area contributed by atoms with E-state index in [2.05, 4.69) is 5.09 Å². The average molecular weight is 384 g/mol. The maximum Gasteiger partial charge on any atom is 0.339 e. The molecule has 126 valence electrons. The summed E-state index contributed by atoms with van der Waals surface area (Å²) in [4.78, 5) is 13.0. The topological polar surface area (TPSA) is 52.7 Å². The number of para-hydroxylation sites is 1. The van der Waals surface area contributed by atoms with Crippen LogP contribution in [-0.2, 0) is 4.57 Å². The Balaban J connectivity index is 2.17. The van der Waals surface area contributed by atoms with Gasteiger partial charge in [0.1, 0.15) is 0 Å². The van der Waals surface area contributed by atoms with E-state index < -0.39 is 7.59 Å². The van der Waals surface area contributed by atoms with Gasteiger partial charge in [-0.3, -0.25) is 14.0 Å². The van der Waals surface area contributed by atoms with Crippen molar-refractivity contribution in [3.63, 3.8) is 0 Å². The molecule has 1 atom stereocenters. The van der Waals surface area contributed by atoms with E-state index in [1.165, 1.54) is 4.67 Å². The van der Waals surface area contributed by atoms with E-state index in [9.17, 15) is 9.36 Å². The van der Waals surface area contributed by atoms with Crippen molar-refractivity contribution < 1.29 is 9.36 Å². The fraction of sp³-hybridized carbons (Fsp3) is 0.188. The van der Waals surface area contributed by atoms with Crippen LogP contribution in [0.3, 0.4) is 0 Å². The zero-order valence-corrected chi connectivity index (χ0v) is 15.4. The number of nitrogens with one attached hydrogen (secondary N) is 1. The lowest BCUT2D eigenvalue weighted by molar-refractivity contribution is 0.100. The second-order valence-electron chi connectivity index (χ2n) is 5.28. The van der Waals surface area contributed by atoms with Crippen molar-refractivity contribution in [2.24, 2.45) is 0 Å². The summed E-state index contributed by atoms with van der Waals surface area (Å²) in [6.07, 6.45) is 0. The fourth-order valence-electron chi connectivity index (χ4n) is 2.67. The summed E-state index contributed by atoms with van der Waals surface area (Å²) in [6, 6.07) is 13.8. The fourth-order valence-corrected chi connectivity index (χ4v) is 5.32. The third-order valence-corrected chi connectivity index (χ3v) is 6.90. The van der Waals surface area contributed by atoms with Crippen LogP contribution in [0.15, 0.2) is 48.5 Å². The molecule has 0 radical (unpaired) electrons. The van der Waals surface area contributed by atoms with Gasteiger partial charge < -0.3 is 0 Å². The molecule has 1 heterocycles. The van der Waals surface area contributed by atoms with Crippen molar-refractivity contribution in [1.82, 2.24) is 5.09 Å². The monoisotopic (exact) mass is 383 g/mol. The third-order valence-electron chi connectivity index (χ3n) is 3.84. The van der Waals surface area contributed by atoms with Gasteiger partial charge in [0.15, 0.2) is 0 Å². The Hall–Kier alpha value is -1.52. The Kier molecular flexibility index (Phi) is 4.88. The van der Waals surface area contributed by atoms with E-state index in [1.54, 1.807) is 54.2 Å². The first-order valence-corrected chi connectivity index (χ1v) is 9.86. The van der Waals surface area contributed by atoms with E-state index in [1.807, 2.05) is 6.07 Å². The lowest BCUT2D eigenvalue weighted by Gasteiger charge is -2.42. The number of benzene rings is 2. The Morgan fingerprint density at radius 1 is 1.12 bits per heavy atom. The number of anilines is 2. The Morgan fingerprint density at radius 3 is 2.46 bits per heavy atom. The number of carbonyl (C=O) groups excluding carboxylic acids is 1. The van der Waals surface area contributed by atoms with Gasteiger partial charge in [-0.15, -0.1) is 11.6 Å². The lowest BCUT2D eigenvalue weighted by Crippen LogP contribution is -2.45. The number of hydrogen-bond acceptors (Lipinski definition) is 2. The molecule has 1 amide bonds. The molecule has 2 aromatic rings. The van der Waals surface area contributed by atoms with E-state index in [-0.39, 0.29) is 11.8 Å². The van der Waals surface area contributed by atoms with Gasteiger partial charge in [-0.1, -0.05) is 23.7 Å². The lowest BCUT2D eigenvalue weighted by atomic mass is 10.1. The molecular formula is C16H16Cl2N3O2P. The number of alkyl halides is 1. The van der Waals surface area contributed by atoms with Gasteiger partial charge in [-0.25, -0.2) is 9.76 Å². The molecule has 5 nitrogen and oxygen atoms in total. The highest BCUT2D eigenvalue weighted by Gasteiger charge is 2.45. The van der Waals surface area contributed by atoms with Crippen LogP contribution in [0.25, 0.3) is 0 Å². The van der Waals surface area contributed by atoms with E-state index in [4.69, 9.17) is 23.2 Å². The molecule has 0 aromatic heterocycles. The molecule has 0 aliphatic carbocycles. The van der Waals surface area contributed by atoms with Gasteiger partial charge >= 0.3 is 7.59 Å². The van der Waals surface area contributed by atoms with Crippen molar-refractivity contribution in [2.75, 3.05) is 28.8 Å². The van der Waals surface area contributed by atoms with Gasteiger partial charge in [0.2, 0.25) is 0 Å².